The number of amides is 2. The van der Waals surface area contributed by atoms with Crippen molar-refractivity contribution in [2.24, 2.45) is 0 Å². The van der Waals surface area contributed by atoms with Crippen molar-refractivity contribution >= 4 is 22.8 Å². The molecular weight excluding hydrogens is 344 g/mol. The Morgan fingerprint density at radius 2 is 2.07 bits per heavy atom. The molecule has 0 bridgehead atoms. The van der Waals surface area contributed by atoms with Gasteiger partial charge in [-0.05, 0) is 43.2 Å². The zero-order valence-corrected chi connectivity index (χ0v) is 15.8. The molecule has 0 aliphatic rings. The molecule has 0 aliphatic heterocycles. The summed E-state index contributed by atoms with van der Waals surface area (Å²) in [6, 6.07) is 8.95. The first kappa shape index (κ1) is 18.6. The Kier molecular flexibility index (Phi) is 5.80. The summed E-state index contributed by atoms with van der Waals surface area (Å²) in [7, 11) is 3.13. The van der Waals surface area contributed by atoms with Gasteiger partial charge in [0.1, 0.15) is 17.1 Å². The summed E-state index contributed by atoms with van der Waals surface area (Å²) < 4.78 is 12.6. The van der Waals surface area contributed by atoms with E-state index in [1.165, 1.54) is 5.56 Å². The first-order valence-electron chi connectivity index (χ1n) is 8.85. The highest BCUT2D eigenvalue weighted by Crippen LogP contribution is 2.28. The van der Waals surface area contributed by atoms with Gasteiger partial charge in [-0.25, -0.2) is 9.78 Å². The van der Waals surface area contributed by atoms with Crippen LogP contribution < -0.4 is 20.1 Å². The number of aromatic nitrogens is 2. The maximum atomic E-state index is 12.2. The van der Waals surface area contributed by atoms with Crippen LogP contribution in [0.5, 0.6) is 11.5 Å². The van der Waals surface area contributed by atoms with Crippen LogP contribution in [0.3, 0.4) is 0 Å². The molecule has 3 aromatic rings. The normalized spacial score (nSPS) is 10.6. The fourth-order valence-corrected chi connectivity index (χ4v) is 3.01. The number of rotatable bonds is 7. The van der Waals surface area contributed by atoms with Crippen LogP contribution in [0.1, 0.15) is 12.5 Å². The Morgan fingerprint density at radius 3 is 2.81 bits per heavy atom. The van der Waals surface area contributed by atoms with Crippen molar-refractivity contribution in [1.82, 2.24) is 14.9 Å². The average Bonchev–Trinajstić information content (AvgIpc) is 3.06. The van der Waals surface area contributed by atoms with Crippen LogP contribution in [-0.4, -0.2) is 36.3 Å². The van der Waals surface area contributed by atoms with Crippen LogP contribution in [0.2, 0.25) is 0 Å². The molecule has 2 aromatic heterocycles. The Labute approximate surface area is 158 Å². The van der Waals surface area contributed by atoms with Crippen molar-refractivity contribution in [1.29, 1.82) is 0 Å². The Balaban J connectivity index is 1.61. The number of carbonyl (C=O) groups is 1. The van der Waals surface area contributed by atoms with E-state index >= 15 is 0 Å². The van der Waals surface area contributed by atoms with Crippen LogP contribution in [0.15, 0.2) is 42.7 Å². The summed E-state index contributed by atoms with van der Waals surface area (Å²) in [5.74, 6) is 1.21. The highest BCUT2D eigenvalue weighted by molar-refractivity contribution is 5.91. The third-order valence-electron chi connectivity index (χ3n) is 4.39. The van der Waals surface area contributed by atoms with Crippen LogP contribution in [-0.2, 0) is 13.0 Å². The molecule has 2 heterocycles. The summed E-state index contributed by atoms with van der Waals surface area (Å²) in [5, 5.41) is 6.81. The van der Waals surface area contributed by atoms with Crippen molar-refractivity contribution < 1.29 is 14.3 Å². The predicted octanol–water partition coefficient (Wildman–Crippen LogP) is 3.44. The molecule has 0 unspecified atom stereocenters. The lowest BCUT2D eigenvalue weighted by Crippen LogP contribution is -2.30. The lowest BCUT2D eigenvalue weighted by atomic mass is 10.1. The lowest BCUT2D eigenvalue weighted by molar-refractivity contribution is 0.252. The van der Waals surface area contributed by atoms with E-state index in [4.69, 9.17) is 9.47 Å². The van der Waals surface area contributed by atoms with E-state index in [0.717, 1.165) is 24.0 Å². The fraction of sp³-hybridized carbons (Fsp3) is 0.300. The third kappa shape index (κ3) is 4.13. The number of anilines is 1. The van der Waals surface area contributed by atoms with Crippen molar-refractivity contribution in [3.63, 3.8) is 0 Å². The first-order valence-corrected chi connectivity index (χ1v) is 8.85. The van der Waals surface area contributed by atoms with Crippen molar-refractivity contribution in [2.45, 2.75) is 19.9 Å². The van der Waals surface area contributed by atoms with E-state index < -0.39 is 0 Å². The molecule has 0 fully saturated rings. The number of nitrogens with zero attached hydrogens (tertiary/aromatic N) is 2. The number of nitrogens with one attached hydrogen (secondary N) is 2. The van der Waals surface area contributed by atoms with Gasteiger partial charge in [-0.2, -0.15) is 0 Å². The third-order valence-corrected chi connectivity index (χ3v) is 4.39. The molecule has 0 radical (unpaired) electrons. The van der Waals surface area contributed by atoms with Gasteiger partial charge in [-0.15, -0.1) is 0 Å². The van der Waals surface area contributed by atoms with Crippen LogP contribution >= 0.6 is 0 Å². The zero-order valence-electron chi connectivity index (χ0n) is 15.8. The molecule has 27 heavy (non-hydrogen) atoms. The summed E-state index contributed by atoms with van der Waals surface area (Å²) in [5.41, 5.74) is 2.73. The van der Waals surface area contributed by atoms with Gasteiger partial charge in [-0.3, -0.25) is 0 Å². The van der Waals surface area contributed by atoms with Crippen molar-refractivity contribution in [3.05, 3.63) is 48.3 Å². The molecule has 0 atom stereocenters. The standard InChI is InChI=1S/C20H24N4O3/c1-4-24-13-14(16-6-5-10-21-19(16)24)9-11-22-20(25)23-17-8-7-15(26-2)12-18(17)27-3/h5-8,10,12-13H,4,9,11H2,1-3H3,(H2,22,23,25). The van der Waals surface area contributed by atoms with Crippen LogP contribution in [0.25, 0.3) is 11.0 Å². The van der Waals surface area contributed by atoms with Crippen molar-refractivity contribution in [3.8, 4) is 11.5 Å². The highest BCUT2D eigenvalue weighted by Gasteiger charge is 2.11. The lowest BCUT2D eigenvalue weighted by Gasteiger charge is -2.12. The molecular formula is C20H24N4O3. The number of pyridine rings is 1. The fourth-order valence-electron chi connectivity index (χ4n) is 3.01. The molecule has 2 N–H and O–H groups in total. The number of carbonyl (C=O) groups excluding carboxylic acids is 1. The molecule has 7 heteroatoms. The molecule has 0 saturated heterocycles. The van der Waals surface area contributed by atoms with E-state index in [9.17, 15) is 4.79 Å². The number of urea groups is 1. The van der Waals surface area contributed by atoms with E-state index in [1.54, 1.807) is 38.6 Å². The minimum atomic E-state index is -0.282. The average molecular weight is 368 g/mol. The number of benzene rings is 1. The maximum Gasteiger partial charge on any atom is 0.319 e. The van der Waals surface area contributed by atoms with E-state index in [2.05, 4.69) is 39.4 Å². The second-order valence-corrected chi connectivity index (χ2v) is 6.01. The van der Waals surface area contributed by atoms with Gasteiger partial charge in [0.05, 0.1) is 19.9 Å². The maximum absolute atomic E-state index is 12.2. The van der Waals surface area contributed by atoms with Gasteiger partial charge in [0.2, 0.25) is 0 Å². The smallest absolute Gasteiger partial charge is 0.319 e. The molecule has 0 spiro atoms. The topological polar surface area (TPSA) is 77.4 Å². The molecule has 1 aromatic carbocycles. The Morgan fingerprint density at radius 1 is 1.22 bits per heavy atom. The largest absolute Gasteiger partial charge is 0.497 e. The highest BCUT2D eigenvalue weighted by atomic mass is 16.5. The van der Waals surface area contributed by atoms with E-state index in [1.807, 2.05) is 6.07 Å². The second-order valence-electron chi connectivity index (χ2n) is 6.01. The molecule has 142 valence electrons. The minimum Gasteiger partial charge on any atom is -0.497 e. The number of hydrogen-bond donors (Lipinski definition) is 2. The van der Waals surface area contributed by atoms with Crippen LogP contribution in [0.4, 0.5) is 10.5 Å². The summed E-state index contributed by atoms with van der Waals surface area (Å²) in [6.45, 7) is 3.46. The Bertz CT molecular complexity index is 936. The van der Waals surface area contributed by atoms with Crippen molar-refractivity contribution in [2.75, 3.05) is 26.1 Å². The number of fused-ring (bicyclic) bond motifs is 1. The van der Waals surface area contributed by atoms with Crippen LogP contribution in [0, 0.1) is 0 Å². The predicted molar refractivity (Wildman–Crippen MR) is 106 cm³/mol. The molecule has 3 rings (SSSR count). The molecule has 7 nitrogen and oxygen atoms in total. The first-order chi connectivity index (χ1) is 13.2. The second kappa shape index (κ2) is 8.44. The zero-order chi connectivity index (χ0) is 19.2. The van der Waals surface area contributed by atoms with E-state index in [-0.39, 0.29) is 6.03 Å². The number of aryl methyl sites for hydroxylation is 1. The van der Waals surface area contributed by atoms with Gasteiger partial charge in [0.25, 0.3) is 0 Å². The molecule has 0 saturated carbocycles. The summed E-state index contributed by atoms with van der Waals surface area (Å²) in [6.07, 6.45) is 4.62. The quantitative estimate of drug-likeness (QED) is 0.670. The minimum absolute atomic E-state index is 0.282. The monoisotopic (exact) mass is 368 g/mol. The van der Waals surface area contributed by atoms with Gasteiger partial charge in [-0.1, -0.05) is 0 Å². The molecule has 2 amide bonds. The van der Waals surface area contributed by atoms with Gasteiger partial charge in [0.15, 0.2) is 0 Å². The summed E-state index contributed by atoms with van der Waals surface area (Å²) in [4.78, 5) is 16.7. The van der Waals surface area contributed by atoms with Gasteiger partial charge in [0, 0.05) is 36.9 Å². The SMILES string of the molecule is CCn1cc(CCNC(=O)Nc2ccc(OC)cc2OC)c2cccnc21. The van der Waals surface area contributed by atoms with Gasteiger partial charge < -0.3 is 24.7 Å². The van der Waals surface area contributed by atoms with Gasteiger partial charge >= 0.3 is 6.03 Å². The molecule has 0 aliphatic carbocycles. The Hall–Kier alpha value is -3.22. The number of hydrogen-bond acceptors (Lipinski definition) is 4. The number of methoxy groups -OCH3 is 2. The number of ether oxygens (including phenoxy) is 2. The van der Waals surface area contributed by atoms with E-state index in [0.29, 0.717) is 23.7 Å². The summed E-state index contributed by atoms with van der Waals surface area (Å²) >= 11 is 0.